The molecule has 0 aromatic carbocycles. The smallest absolute Gasteiger partial charge is 0.323 e. The van der Waals surface area contributed by atoms with Gasteiger partial charge in [-0.25, -0.2) is 0 Å². The van der Waals surface area contributed by atoms with E-state index < -0.39 is 0 Å². The van der Waals surface area contributed by atoms with Crippen molar-refractivity contribution in [3.05, 3.63) is 0 Å². The van der Waals surface area contributed by atoms with Gasteiger partial charge in [0.25, 0.3) is 0 Å². The van der Waals surface area contributed by atoms with E-state index in [1.54, 1.807) is 0 Å². The topological polar surface area (TPSA) is 94.7 Å². The molecule has 0 aliphatic carbocycles. The van der Waals surface area contributed by atoms with Crippen LogP contribution in [0.2, 0.25) is 0 Å². The Morgan fingerprint density at radius 1 is 0.857 bits per heavy atom. The summed E-state index contributed by atoms with van der Waals surface area (Å²) in [6.45, 7) is 3.17. The normalized spacial score (nSPS) is 29.0. The zero-order valence-electron chi connectivity index (χ0n) is 11.3. The molecular formula is C12H15N3O5S. The summed E-state index contributed by atoms with van der Waals surface area (Å²) in [6, 6.07) is 0.540. The summed E-state index contributed by atoms with van der Waals surface area (Å²) in [5, 5.41) is 0.582. The summed E-state index contributed by atoms with van der Waals surface area (Å²) in [7, 11) is 0. The van der Waals surface area contributed by atoms with Crippen molar-refractivity contribution in [1.82, 2.24) is 15.0 Å². The van der Waals surface area contributed by atoms with Crippen LogP contribution in [0, 0.1) is 0 Å². The van der Waals surface area contributed by atoms with Gasteiger partial charge in [0.05, 0.1) is 25.9 Å². The van der Waals surface area contributed by atoms with E-state index in [4.69, 9.17) is 23.7 Å². The van der Waals surface area contributed by atoms with Crippen molar-refractivity contribution in [2.24, 2.45) is 0 Å². The van der Waals surface area contributed by atoms with Crippen LogP contribution in [0.25, 0.3) is 0 Å². The molecule has 21 heavy (non-hydrogen) atoms. The second kappa shape index (κ2) is 5.91. The van der Waals surface area contributed by atoms with Crippen molar-refractivity contribution in [1.29, 1.82) is 0 Å². The van der Waals surface area contributed by atoms with Gasteiger partial charge in [0, 0.05) is 5.75 Å². The van der Waals surface area contributed by atoms with Gasteiger partial charge >= 0.3 is 12.0 Å². The number of rotatable bonds is 9. The van der Waals surface area contributed by atoms with Crippen molar-refractivity contribution in [3.8, 4) is 12.0 Å². The lowest BCUT2D eigenvalue weighted by atomic mass is 10.5. The largest absolute Gasteiger partial charge is 0.460 e. The van der Waals surface area contributed by atoms with Crippen LogP contribution >= 0.6 is 11.8 Å². The van der Waals surface area contributed by atoms with Crippen LogP contribution in [0.1, 0.15) is 0 Å². The molecule has 0 bridgehead atoms. The Morgan fingerprint density at radius 3 is 1.86 bits per heavy atom. The van der Waals surface area contributed by atoms with E-state index in [0.717, 1.165) is 25.6 Å². The first-order valence-electron chi connectivity index (χ1n) is 6.84. The summed E-state index contributed by atoms with van der Waals surface area (Å²) < 4.78 is 26.4. The minimum Gasteiger partial charge on any atom is -0.460 e. The quantitative estimate of drug-likeness (QED) is 0.458. The Balaban J connectivity index is 1.40. The van der Waals surface area contributed by atoms with Gasteiger partial charge in [0.1, 0.15) is 25.4 Å². The highest BCUT2D eigenvalue weighted by molar-refractivity contribution is 7.99. The van der Waals surface area contributed by atoms with Crippen molar-refractivity contribution in [2.45, 2.75) is 23.5 Å². The van der Waals surface area contributed by atoms with E-state index >= 15 is 0 Å². The summed E-state index contributed by atoms with van der Waals surface area (Å²) in [4.78, 5) is 12.7. The number of ether oxygens (including phenoxy) is 5. The zero-order valence-corrected chi connectivity index (χ0v) is 12.1. The molecule has 8 nitrogen and oxygen atoms in total. The fourth-order valence-corrected chi connectivity index (χ4v) is 2.32. The molecule has 3 aliphatic rings. The third-order valence-corrected chi connectivity index (χ3v) is 3.96. The summed E-state index contributed by atoms with van der Waals surface area (Å²) >= 11 is 1.51. The molecular weight excluding hydrogens is 298 g/mol. The van der Waals surface area contributed by atoms with E-state index in [-0.39, 0.29) is 24.2 Å². The van der Waals surface area contributed by atoms with Crippen LogP contribution in [-0.4, -0.2) is 72.1 Å². The van der Waals surface area contributed by atoms with Crippen LogP contribution in [0.15, 0.2) is 5.16 Å². The molecule has 1 aromatic rings. The Labute approximate surface area is 125 Å². The first-order chi connectivity index (χ1) is 10.3. The van der Waals surface area contributed by atoms with Gasteiger partial charge in [0.15, 0.2) is 5.16 Å². The van der Waals surface area contributed by atoms with Gasteiger partial charge in [-0.05, 0) is 0 Å². The average molecular weight is 313 g/mol. The number of hydrogen-bond donors (Lipinski definition) is 0. The average Bonchev–Trinajstić information content (AvgIpc) is 3.38. The van der Waals surface area contributed by atoms with E-state index in [1.807, 2.05) is 0 Å². The minimum absolute atomic E-state index is 0.155. The summed E-state index contributed by atoms with van der Waals surface area (Å²) in [6.07, 6.45) is 0.615. The van der Waals surface area contributed by atoms with Crippen LogP contribution < -0.4 is 9.47 Å². The first-order valence-corrected chi connectivity index (χ1v) is 7.83. The highest BCUT2D eigenvalue weighted by Crippen LogP contribution is 2.24. The maximum atomic E-state index is 5.51. The maximum Gasteiger partial charge on any atom is 0.323 e. The number of thioether (sulfide) groups is 1. The standard InChI is InChI=1S/C12H15N3O5S/c1-7(16-1)3-19-10-13-11(20-4-8-2-17-8)15-12(14-10)21-6-9-5-18-9/h7-9H,1-6H2. The molecule has 4 heterocycles. The van der Waals surface area contributed by atoms with Gasteiger partial charge in [0.2, 0.25) is 0 Å². The third-order valence-electron chi connectivity index (χ3n) is 2.98. The number of aromatic nitrogens is 3. The molecule has 9 heteroatoms. The van der Waals surface area contributed by atoms with Crippen LogP contribution in [-0.2, 0) is 14.2 Å². The van der Waals surface area contributed by atoms with Crippen LogP contribution in [0.4, 0.5) is 0 Å². The zero-order chi connectivity index (χ0) is 14.1. The number of nitrogens with zero attached hydrogens (tertiary/aromatic N) is 3. The highest BCUT2D eigenvalue weighted by Gasteiger charge is 2.26. The second-order valence-electron chi connectivity index (χ2n) is 4.98. The van der Waals surface area contributed by atoms with Crippen molar-refractivity contribution in [2.75, 3.05) is 38.8 Å². The molecule has 114 valence electrons. The van der Waals surface area contributed by atoms with Gasteiger partial charge in [-0.2, -0.15) is 9.97 Å². The van der Waals surface area contributed by atoms with E-state index in [2.05, 4.69) is 15.0 Å². The molecule has 1 aromatic heterocycles. The molecule has 3 fully saturated rings. The lowest BCUT2D eigenvalue weighted by molar-refractivity contribution is 0.220. The molecule has 0 amide bonds. The predicted octanol–water partition coefficient (Wildman–Crippen LogP) is -0.0823. The lowest BCUT2D eigenvalue weighted by Crippen LogP contribution is -2.11. The van der Waals surface area contributed by atoms with Crippen molar-refractivity contribution >= 4 is 11.8 Å². The summed E-state index contributed by atoms with van der Waals surface area (Å²) in [5.41, 5.74) is 0. The van der Waals surface area contributed by atoms with Crippen LogP contribution in [0.3, 0.4) is 0 Å². The molecule has 3 aliphatic heterocycles. The van der Waals surface area contributed by atoms with Crippen molar-refractivity contribution < 1.29 is 23.7 Å². The molecule has 3 unspecified atom stereocenters. The fraction of sp³-hybridized carbons (Fsp3) is 0.750. The number of epoxide rings is 3. The van der Waals surface area contributed by atoms with E-state index in [9.17, 15) is 0 Å². The minimum atomic E-state index is 0.155. The van der Waals surface area contributed by atoms with E-state index in [0.29, 0.717) is 24.5 Å². The van der Waals surface area contributed by atoms with Crippen LogP contribution in [0.5, 0.6) is 12.0 Å². The molecule has 0 spiro atoms. The fourth-order valence-electron chi connectivity index (χ4n) is 1.51. The van der Waals surface area contributed by atoms with E-state index in [1.165, 1.54) is 11.8 Å². The Morgan fingerprint density at radius 2 is 1.38 bits per heavy atom. The van der Waals surface area contributed by atoms with Gasteiger partial charge in [-0.3, -0.25) is 0 Å². The predicted molar refractivity (Wildman–Crippen MR) is 70.8 cm³/mol. The first kappa shape index (κ1) is 13.5. The Kier molecular flexibility index (Phi) is 3.80. The molecule has 0 saturated carbocycles. The molecule has 3 saturated heterocycles. The molecule has 0 radical (unpaired) electrons. The van der Waals surface area contributed by atoms with Crippen molar-refractivity contribution in [3.63, 3.8) is 0 Å². The molecule has 4 rings (SSSR count). The maximum absolute atomic E-state index is 5.51. The Bertz CT molecular complexity index is 424. The van der Waals surface area contributed by atoms with Gasteiger partial charge in [-0.1, -0.05) is 11.8 Å². The van der Waals surface area contributed by atoms with Gasteiger partial charge in [-0.15, -0.1) is 4.98 Å². The summed E-state index contributed by atoms with van der Waals surface area (Å²) in [5.74, 6) is 0.820. The second-order valence-corrected chi connectivity index (χ2v) is 5.97. The molecule has 3 atom stereocenters. The SMILES string of the molecule is C(Oc1nc(OCC2CO2)nc(SCC2CO2)n1)C1CO1. The third kappa shape index (κ3) is 4.40. The molecule has 0 N–H and O–H groups in total. The monoisotopic (exact) mass is 313 g/mol. The van der Waals surface area contributed by atoms with Gasteiger partial charge < -0.3 is 23.7 Å². The number of hydrogen-bond acceptors (Lipinski definition) is 9. The Hall–Kier alpha value is -1.16. The lowest BCUT2D eigenvalue weighted by Gasteiger charge is -2.07. The highest BCUT2D eigenvalue weighted by atomic mass is 32.2.